The first-order chi connectivity index (χ1) is 11.8. The molecule has 0 spiro atoms. The van der Waals surface area contributed by atoms with Crippen LogP contribution in [0, 0.1) is 20.2 Å². The second-order valence-electron chi connectivity index (χ2n) is 4.62. The standard InChI is InChI=1S/C14H9BrN4O6/c15-10-3-1-8(2-4-10)14(21)17-16-7-9-5-11(18(22)23)6-12(13(9)20)19(24)25/h1-7,20H,(H,17,21)/b16-7-. The van der Waals surface area contributed by atoms with Gasteiger partial charge in [0.2, 0.25) is 5.75 Å². The van der Waals surface area contributed by atoms with E-state index in [1.54, 1.807) is 12.1 Å². The maximum absolute atomic E-state index is 11.9. The average molecular weight is 409 g/mol. The van der Waals surface area contributed by atoms with Gasteiger partial charge in [-0.25, -0.2) is 5.43 Å². The highest BCUT2D eigenvalue weighted by Crippen LogP contribution is 2.33. The Bertz CT molecular complexity index is 882. The molecule has 0 radical (unpaired) electrons. The molecule has 128 valence electrons. The van der Waals surface area contributed by atoms with E-state index in [0.717, 1.165) is 16.8 Å². The lowest BCUT2D eigenvalue weighted by molar-refractivity contribution is -0.394. The van der Waals surface area contributed by atoms with Crippen LogP contribution in [0.2, 0.25) is 0 Å². The number of hydrogen-bond acceptors (Lipinski definition) is 7. The fourth-order valence-electron chi connectivity index (χ4n) is 1.79. The second-order valence-corrected chi connectivity index (χ2v) is 5.54. The molecular weight excluding hydrogens is 400 g/mol. The van der Waals surface area contributed by atoms with Crippen molar-refractivity contribution in [2.75, 3.05) is 0 Å². The quantitative estimate of drug-likeness (QED) is 0.441. The Kier molecular flexibility index (Phi) is 5.39. The van der Waals surface area contributed by atoms with Gasteiger partial charge < -0.3 is 5.11 Å². The number of non-ortho nitro benzene ring substituents is 1. The molecule has 11 heteroatoms. The zero-order chi connectivity index (χ0) is 18.6. The monoisotopic (exact) mass is 408 g/mol. The summed E-state index contributed by atoms with van der Waals surface area (Å²) in [5.41, 5.74) is 0.745. The van der Waals surface area contributed by atoms with Crippen molar-refractivity contribution in [3.63, 3.8) is 0 Å². The normalized spacial score (nSPS) is 10.6. The zero-order valence-electron chi connectivity index (χ0n) is 12.2. The molecular formula is C14H9BrN4O6. The van der Waals surface area contributed by atoms with Crippen molar-refractivity contribution in [2.45, 2.75) is 0 Å². The van der Waals surface area contributed by atoms with E-state index < -0.39 is 32.9 Å². The maximum Gasteiger partial charge on any atom is 0.318 e. The summed E-state index contributed by atoms with van der Waals surface area (Å²) in [5, 5.41) is 35.0. The van der Waals surface area contributed by atoms with Crippen molar-refractivity contribution in [3.8, 4) is 5.75 Å². The molecule has 0 aliphatic rings. The minimum absolute atomic E-state index is 0.281. The predicted molar refractivity (Wildman–Crippen MR) is 90.6 cm³/mol. The molecule has 0 fully saturated rings. The molecule has 0 heterocycles. The summed E-state index contributed by atoms with van der Waals surface area (Å²) in [6.45, 7) is 0. The summed E-state index contributed by atoms with van der Waals surface area (Å²) in [5.74, 6) is -1.36. The van der Waals surface area contributed by atoms with E-state index in [2.05, 4.69) is 26.5 Å². The van der Waals surface area contributed by atoms with Crippen LogP contribution in [0.25, 0.3) is 0 Å². The number of phenols is 1. The smallest absolute Gasteiger partial charge is 0.318 e. The SMILES string of the molecule is O=C(N/N=C\c1cc([N+](=O)[O-])cc([N+](=O)[O-])c1O)c1ccc(Br)cc1. The Morgan fingerprint density at radius 2 is 1.80 bits per heavy atom. The molecule has 0 aliphatic heterocycles. The van der Waals surface area contributed by atoms with Crippen molar-refractivity contribution >= 4 is 39.4 Å². The van der Waals surface area contributed by atoms with Crippen molar-refractivity contribution in [3.05, 3.63) is 72.2 Å². The fraction of sp³-hybridized carbons (Fsp3) is 0. The number of carbonyl (C=O) groups excluding carboxylic acids is 1. The Balaban J connectivity index is 2.25. The fourth-order valence-corrected chi connectivity index (χ4v) is 2.06. The van der Waals surface area contributed by atoms with Gasteiger partial charge in [-0.1, -0.05) is 15.9 Å². The first kappa shape index (κ1) is 18.0. The first-order valence-electron chi connectivity index (χ1n) is 6.54. The highest BCUT2D eigenvalue weighted by atomic mass is 79.9. The van der Waals surface area contributed by atoms with Crippen molar-refractivity contribution in [1.29, 1.82) is 0 Å². The van der Waals surface area contributed by atoms with Gasteiger partial charge in [-0.05, 0) is 24.3 Å². The summed E-state index contributed by atoms with van der Waals surface area (Å²) < 4.78 is 0.779. The van der Waals surface area contributed by atoms with Crippen molar-refractivity contribution in [2.24, 2.45) is 5.10 Å². The first-order valence-corrected chi connectivity index (χ1v) is 7.33. The van der Waals surface area contributed by atoms with Crippen LogP contribution in [-0.2, 0) is 0 Å². The number of hydrazone groups is 1. The Morgan fingerprint density at radius 1 is 1.16 bits per heavy atom. The van der Waals surface area contributed by atoms with Crippen LogP contribution >= 0.6 is 15.9 Å². The summed E-state index contributed by atoms with van der Waals surface area (Å²) in [6.07, 6.45) is 0.881. The molecule has 0 saturated carbocycles. The van der Waals surface area contributed by atoms with Crippen LogP contribution in [0.5, 0.6) is 5.75 Å². The predicted octanol–water partition coefficient (Wildman–Crippen LogP) is 2.74. The molecule has 25 heavy (non-hydrogen) atoms. The summed E-state index contributed by atoms with van der Waals surface area (Å²) in [6, 6.07) is 7.89. The number of rotatable bonds is 5. The number of nitro groups is 2. The van der Waals surface area contributed by atoms with E-state index in [0.29, 0.717) is 11.6 Å². The Hall–Kier alpha value is -3.34. The lowest BCUT2D eigenvalue weighted by Crippen LogP contribution is -2.17. The molecule has 10 nitrogen and oxygen atoms in total. The number of halogens is 1. The number of nitro benzene ring substituents is 2. The molecule has 0 unspecified atom stereocenters. The summed E-state index contributed by atoms with van der Waals surface area (Å²) in [7, 11) is 0. The van der Waals surface area contributed by atoms with Crippen LogP contribution in [0.4, 0.5) is 11.4 Å². The van der Waals surface area contributed by atoms with E-state index >= 15 is 0 Å². The highest BCUT2D eigenvalue weighted by Gasteiger charge is 2.23. The van der Waals surface area contributed by atoms with Gasteiger partial charge in [0, 0.05) is 16.1 Å². The number of amides is 1. The maximum atomic E-state index is 11.9. The Morgan fingerprint density at radius 3 is 2.36 bits per heavy atom. The second kappa shape index (κ2) is 7.49. The molecule has 2 aromatic carbocycles. The average Bonchev–Trinajstić information content (AvgIpc) is 2.56. The number of hydrogen-bond donors (Lipinski definition) is 2. The lowest BCUT2D eigenvalue weighted by atomic mass is 10.1. The summed E-state index contributed by atoms with van der Waals surface area (Å²) in [4.78, 5) is 31.7. The van der Waals surface area contributed by atoms with Crippen LogP contribution in [0.3, 0.4) is 0 Å². The highest BCUT2D eigenvalue weighted by molar-refractivity contribution is 9.10. The molecule has 2 rings (SSSR count). The topological polar surface area (TPSA) is 148 Å². The molecule has 0 saturated heterocycles. The van der Waals surface area contributed by atoms with E-state index in [9.17, 15) is 30.1 Å². The number of phenolic OH excluding ortho intramolecular Hbond substituents is 1. The number of nitrogens with zero attached hydrogens (tertiary/aromatic N) is 3. The van der Waals surface area contributed by atoms with Gasteiger partial charge in [-0.2, -0.15) is 5.10 Å². The van der Waals surface area contributed by atoms with Gasteiger partial charge in [0.25, 0.3) is 11.6 Å². The van der Waals surface area contributed by atoms with E-state index in [4.69, 9.17) is 0 Å². The van der Waals surface area contributed by atoms with E-state index in [1.807, 2.05) is 0 Å². The van der Waals surface area contributed by atoms with Gasteiger partial charge in [0.05, 0.1) is 27.7 Å². The third kappa shape index (κ3) is 4.35. The van der Waals surface area contributed by atoms with Crippen LogP contribution in [0.1, 0.15) is 15.9 Å². The van der Waals surface area contributed by atoms with E-state index in [-0.39, 0.29) is 5.56 Å². The Labute approximate surface area is 148 Å². The van der Waals surface area contributed by atoms with Gasteiger partial charge in [0.1, 0.15) is 0 Å². The third-order valence-corrected chi connectivity index (χ3v) is 3.52. The number of benzene rings is 2. The minimum atomic E-state index is -0.958. The van der Waals surface area contributed by atoms with Gasteiger partial charge >= 0.3 is 5.69 Å². The van der Waals surface area contributed by atoms with Crippen molar-refractivity contribution in [1.82, 2.24) is 5.43 Å². The molecule has 0 bridgehead atoms. The van der Waals surface area contributed by atoms with Gasteiger partial charge in [0.15, 0.2) is 0 Å². The molecule has 1 amide bonds. The van der Waals surface area contributed by atoms with Crippen LogP contribution in [-0.4, -0.2) is 27.1 Å². The minimum Gasteiger partial charge on any atom is -0.502 e. The third-order valence-electron chi connectivity index (χ3n) is 2.99. The van der Waals surface area contributed by atoms with Gasteiger partial charge in [-0.3, -0.25) is 25.0 Å². The largest absolute Gasteiger partial charge is 0.502 e. The number of aromatic hydroxyl groups is 1. The summed E-state index contributed by atoms with van der Waals surface area (Å²) >= 11 is 3.22. The molecule has 0 aromatic heterocycles. The zero-order valence-corrected chi connectivity index (χ0v) is 13.8. The molecule has 2 N–H and O–H groups in total. The van der Waals surface area contributed by atoms with Crippen molar-refractivity contribution < 1.29 is 19.7 Å². The van der Waals surface area contributed by atoms with Crippen LogP contribution in [0.15, 0.2) is 46.0 Å². The molecule has 0 atom stereocenters. The van der Waals surface area contributed by atoms with Crippen LogP contribution < -0.4 is 5.43 Å². The number of nitrogens with one attached hydrogen (secondary N) is 1. The van der Waals surface area contributed by atoms with Gasteiger partial charge in [-0.15, -0.1) is 0 Å². The molecule has 2 aromatic rings. The lowest BCUT2D eigenvalue weighted by Gasteiger charge is -2.02. The number of carbonyl (C=O) groups is 1. The molecule has 0 aliphatic carbocycles. The van der Waals surface area contributed by atoms with E-state index in [1.165, 1.54) is 12.1 Å².